The van der Waals surface area contributed by atoms with Crippen molar-refractivity contribution in [2.75, 3.05) is 18.4 Å². The molecule has 18 heavy (non-hydrogen) atoms. The highest BCUT2D eigenvalue weighted by atomic mass is 19.4. The molecule has 1 aromatic heterocycles. The maximum absolute atomic E-state index is 12.4. The first-order valence-corrected chi connectivity index (χ1v) is 6.06. The second-order valence-corrected chi connectivity index (χ2v) is 4.44. The highest BCUT2D eigenvalue weighted by Gasteiger charge is 2.32. The molecule has 0 amide bonds. The molecule has 0 saturated carbocycles. The van der Waals surface area contributed by atoms with Crippen LogP contribution in [0, 0.1) is 0 Å². The van der Waals surface area contributed by atoms with Crippen molar-refractivity contribution in [1.29, 1.82) is 0 Å². The van der Waals surface area contributed by atoms with Crippen LogP contribution in [0.4, 0.5) is 18.9 Å². The molecule has 0 bridgehead atoms. The minimum Gasteiger partial charge on any atom is -0.385 e. The summed E-state index contributed by atoms with van der Waals surface area (Å²) in [4.78, 5) is 3.32. The van der Waals surface area contributed by atoms with Crippen LogP contribution >= 0.6 is 0 Å². The summed E-state index contributed by atoms with van der Waals surface area (Å²) < 4.78 is 37.3. The Kier molecular flexibility index (Phi) is 4.06. The van der Waals surface area contributed by atoms with Crippen LogP contribution < -0.4 is 10.6 Å². The van der Waals surface area contributed by atoms with E-state index in [1.54, 1.807) is 6.07 Å². The molecule has 1 saturated heterocycles. The molecule has 0 spiro atoms. The van der Waals surface area contributed by atoms with E-state index in [1.165, 1.54) is 12.6 Å². The first-order chi connectivity index (χ1) is 8.55. The molecular formula is C12H16F3N3. The second-order valence-electron chi connectivity index (χ2n) is 4.44. The normalized spacial score (nSPS) is 20.1. The van der Waals surface area contributed by atoms with E-state index < -0.39 is 11.9 Å². The van der Waals surface area contributed by atoms with Crippen LogP contribution in [0.3, 0.4) is 0 Å². The maximum Gasteiger partial charge on any atom is 0.433 e. The number of anilines is 1. The highest BCUT2D eigenvalue weighted by molar-refractivity contribution is 5.43. The SMILES string of the molecule is FC(F)(F)c1cc(NCCC2CCCN2)ccn1. The zero-order chi connectivity index (χ0) is 13.0. The van der Waals surface area contributed by atoms with Crippen molar-refractivity contribution in [2.24, 2.45) is 0 Å². The Morgan fingerprint density at radius 3 is 2.94 bits per heavy atom. The molecule has 1 fully saturated rings. The quantitative estimate of drug-likeness (QED) is 0.872. The first-order valence-electron chi connectivity index (χ1n) is 6.06. The minimum atomic E-state index is -4.38. The van der Waals surface area contributed by atoms with E-state index in [4.69, 9.17) is 0 Å². The third-order valence-corrected chi connectivity index (χ3v) is 3.03. The van der Waals surface area contributed by atoms with E-state index in [2.05, 4.69) is 15.6 Å². The molecule has 2 rings (SSSR count). The fourth-order valence-electron chi connectivity index (χ4n) is 2.09. The van der Waals surface area contributed by atoms with Crippen molar-refractivity contribution < 1.29 is 13.2 Å². The largest absolute Gasteiger partial charge is 0.433 e. The zero-order valence-electron chi connectivity index (χ0n) is 9.93. The summed E-state index contributed by atoms with van der Waals surface area (Å²) in [5.41, 5.74) is -0.387. The van der Waals surface area contributed by atoms with E-state index >= 15 is 0 Å². The Hall–Kier alpha value is -1.30. The molecule has 1 atom stereocenters. The Bertz CT molecular complexity index is 386. The third-order valence-electron chi connectivity index (χ3n) is 3.03. The minimum absolute atomic E-state index is 0.468. The average molecular weight is 259 g/mol. The number of halogens is 3. The van der Waals surface area contributed by atoms with Gasteiger partial charge in [-0.15, -0.1) is 0 Å². The van der Waals surface area contributed by atoms with Crippen LogP contribution in [0.2, 0.25) is 0 Å². The summed E-state index contributed by atoms with van der Waals surface area (Å²) in [6, 6.07) is 3.08. The second kappa shape index (κ2) is 5.56. The van der Waals surface area contributed by atoms with Crippen LogP contribution in [0.1, 0.15) is 25.0 Å². The number of nitrogens with zero attached hydrogens (tertiary/aromatic N) is 1. The fourth-order valence-corrected chi connectivity index (χ4v) is 2.09. The molecule has 0 aromatic carbocycles. The van der Waals surface area contributed by atoms with Crippen molar-refractivity contribution in [2.45, 2.75) is 31.5 Å². The lowest BCUT2D eigenvalue weighted by Gasteiger charge is -2.12. The molecule has 3 nitrogen and oxygen atoms in total. The third kappa shape index (κ3) is 3.60. The Morgan fingerprint density at radius 2 is 2.28 bits per heavy atom. The van der Waals surface area contributed by atoms with Gasteiger partial charge in [-0.3, -0.25) is 4.98 Å². The molecule has 2 heterocycles. The highest BCUT2D eigenvalue weighted by Crippen LogP contribution is 2.28. The summed E-state index contributed by atoms with van der Waals surface area (Å²) in [6.45, 7) is 1.71. The van der Waals surface area contributed by atoms with Gasteiger partial charge >= 0.3 is 6.18 Å². The van der Waals surface area contributed by atoms with Crippen LogP contribution in [-0.4, -0.2) is 24.1 Å². The van der Waals surface area contributed by atoms with Gasteiger partial charge in [-0.05, 0) is 37.9 Å². The van der Waals surface area contributed by atoms with Gasteiger partial charge in [-0.2, -0.15) is 13.2 Å². The topological polar surface area (TPSA) is 37.0 Å². The number of hydrogen-bond acceptors (Lipinski definition) is 3. The van der Waals surface area contributed by atoms with Gasteiger partial charge in [-0.1, -0.05) is 0 Å². The van der Waals surface area contributed by atoms with Crippen molar-refractivity contribution in [1.82, 2.24) is 10.3 Å². The van der Waals surface area contributed by atoms with Gasteiger partial charge < -0.3 is 10.6 Å². The molecule has 1 aliphatic heterocycles. The molecule has 1 unspecified atom stereocenters. The van der Waals surface area contributed by atoms with E-state index in [0.717, 1.165) is 25.5 Å². The molecule has 0 aliphatic carbocycles. The standard InChI is InChI=1S/C12H16F3N3/c13-12(14,15)11-8-10(4-7-18-11)17-6-3-9-2-1-5-16-9/h4,7-9,16H,1-3,5-6H2,(H,17,18). The van der Waals surface area contributed by atoms with E-state index in [-0.39, 0.29) is 0 Å². The van der Waals surface area contributed by atoms with Crippen molar-refractivity contribution in [3.05, 3.63) is 24.0 Å². The van der Waals surface area contributed by atoms with Gasteiger partial charge in [0.1, 0.15) is 5.69 Å². The van der Waals surface area contributed by atoms with E-state index in [9.17, 15) is 13.2 Å². The lowest BCUT2D eigenvalue weighted by Crippen LogP contribution is -2.24. The predicted molar refractivity (Wildman–Crippen MR) is 63.4 cm³/mol. The molecule has 1 aliphatic rings. The van der Waals surface area contributed by atoms with E-state index in [1.807, 2.05) is 0 Å². The first kappa shape index (κ1) is 13.1. The molecule has 100 valence electrons. The number of pyridine rings is 1. The van der Waals surface area contributed by atoms with Gasteiger partial charge in [0.25, 0.3) is 0 Å². The molecular weight excluding hydrogens is 243 g/mol. The number of nitrogens with one attached hydrogen (secondary N) is 2. The molecule has 0 radical (unpaired) electrons. The zero-order valence-corrected chi connectivity index (χ0v) is 9.93. The number of aromatic nitrogens is 1. The van der Waals surface area contributed by atoms with Crippen molar-refractivity contribution in [3.8, 4) is 0 Å². The van der Waals surface area contributed by atoms with Gasteiger partial charge in [-0.25, -0.2) is 0 Å². The fraction of sp³-hybridized carbons (Fsp3) is 0.583. The van der Waals surface area contributed by atoms with Gasteiger partial charge in [0.2, 0.25) is 0 Å². The molecule has 1 aromatic rings. The van der Waals surface area contributed by atoms with Crippen LogP contribution in [0.5, 0.6) is 0 Å². The summed E-state index contributed by atoms with van der Waals surface area (Å²) in [5, 5.41) is 6.35. The Morgan fingerprint density at radius 1 is 1.44 bits per heavy atom. The number of rotatable bonds is 4. The lowest BCUT2D eigenvalue weighted by atomic mass is 10.1. The van der Waals surface area contributed by atoms with Gasteiger partial charge in [0.05, 0.1) is 0 Å². The lowest BCUT2D eigenvalue weighted by molar-refractivity contribution is -0.141. The molecule has 6 heteroatoms. The Balaban J connectivity index is 1.85. The smallest absolute Gasteiger partial charge is 0.385 e. The summed E-state index contributed by atoms with van der Waals surface area (Å²) in [5.74, 6) is 0. The van der Waals surface area contributed by atoms with Gasteiger partial charge in [0, 0.05) is 24.5 Å². The average Bonchev–Trinajstić information content (AvgIpc) is 2.81. The summed E-state index contributed by atoms with van der Waals surface area (Å²) in [6.07, 6.45) is 0.0390. The Labute approximate surface area is 104 Å². The predicted octanol–water partition coefficient (Wildman–Crippen LogP) is 2.65. The van der Waals surface area contributed by atoms with Crippen molar-refractivity contribution >= 4 is 5.69 Å². The van der Waals surface area contributed by atoms with Crippen LogP contribution in [0.25, 0.3) is 0 Å². The van der Waals surface area contributed by atoms with Gasteiger partial charge in [0.15, 0.2) is 0 Å². The number of hydrogen-bond donors (Lipinski definition) is 2. The number of alkyl halides is 3. The maximum atomic E-state index is 12.4. The van der Waals surface area contributed by atoms with Crippen LogP contribution in [-0.2, 0) is 6.18 Å². The monoisotopic (exact) mass is 259 g/mol. The van der Waals surface area contributed by atoms with Crippen molar-refractivity contribution in [3.63, 3.8) is 0 Å². The van der Waals surface area contributed by atoms with E-state index in [0.29, 0.717) is 18.3 Å². The summed E-state index contributed by atoms with van der Waals surface area (Å²) in [7, 11) is 0. The summed E-state index contributed by atoms with van der Waals surface area (Å²) >= 11 is 0. The molecule has 2 N–H and O–H groups in total. The van der Waals surface area contributed by atoms with Crippen LogP contribution in [0.15, 0.2) is 18.3 Å².